The van der Waals surface area contributed by atoms with E-state index >= 15 is 0 Å². The smallest absolute Gasteiger partial charge is 0.306 e. The summed E-state index contributed by atoms with van der Waals surface area (Å²) in [7, 11) is 0. The van der Waals surface area contributed by atoms with Crippen molar-refractivity contribution in [3.05, 3.63) is 71.5 Å². The first-order valence-corrected chi connectivity index (χ1v) is 14.3. The van der Waals surface area contributed by atoms with Crippen LogP contribution in [0.25, 0.3) is 0 Å². The van der Waals surface area contributed by atoms with E-state index in [0.29, 0.717) is 23.7 Å². The van der Waals surface area contributed by atoms with Gasteiger partial charge in [0.05, 0.1) is 5.92 Å². The lowest BCUT2D eigenvalue weighted by Gasteiger charge is -2.35. The molecule has 1 heterocycles. The van der Waals surface area contributed by atoms with Gasteiger partial charge in [-0.05, 0) is 111 Å². The molecule has 194 valence electrons. The van der Waals surface area contributed by atoms with Crippen LogP contribution < -0.4 is 0 Å². The van der Waals surface area contributed by atoms with Gasteiger partial charge in [-0.15, -0.1) is 0 Å². The molecule has 3 aliphatic rings. The molecule has 0 spiro atoms. The molecule has 1 N–H and O–H groups in total. The Bertz CT molecular complexity index is 965. The second kappa shape index (κ2) is 11.9. The molecule has 36 heavy (non-hydrogen) atoms. The molecule has 3 fully saturated rings. The second-order valence-corrected chi connectivity index (χ2v) is 11.9. The van der Waals surface area contributed by atoms with Gasteiger partial charge in [0.2, 0.25) is 0 Å². The zero-order valence-corrected chi connectivity index (χ0v) is 21.5. The van der Waals surface area contributed by atoms with Crippen LogP contribution in [0.15, 0.2) is 54.6 Å². The maximum absolute atomic E-state index is 13.1. The van der Waals surface area contributed by atoms with E-state index in [1.165, 1.54) is 49.7 Å². The number of rotatable bonds is 11. The Labute approximate surface area is 216 Å². The first kappa shape index (κ1) is 25.4. The highest BCUT2D eigenvalue weighted by Crippen LogP contribution is 2.49. The van der Waals surface area contributed by atoms with Gasteiger partial charge in [-0.2, -0.15) is 0 Å². The van der Waals surface area contributed by atoms with E-state index in [1.807, 2.05) is 12.1 Å². The molecule has 2 aromatic rings. The van der Waals surface area contributed by atoms with Crippen molar-refractivity contribution in [2.45, 2.75) is 70.1 Å². The van der Waals surface area contributed by atoms with Crippen molar-refractivity contribution in [3.63, 3.8) is 0 Å². The van der Waals surface area contributed by atoms with Gasteiger partial charge in [-0.25, -0.2) is 4.39 Å². The molecule has 2 aliphatic carbocycles. The third kappa shape index (κ3) is 6.76. The molecule has 4 atom stereocenters. The first-order chi connectivity index (χ1) is 17.5. The Kier molecular flexibility index (Phi) is 8.41. The van der Waals surface area contributed by atoms with Crippen molar-refractivity contribution in [1.29, 1.82) is 0 Å². The number of hydrogen-bond acceptors (Lipinski definition) is 2. The number of carbonyl (C=O) groups is 1. The molecule has 0 amide bonds. The lowest BCUT2D eigenvalue weighted by Crippen LogP contribution is -2.37. The SMILES string of the molecule is O=C(O)C(CC1CC1)C1C[C@H](CN2CCC(CCCc3ccc(F)cc3)CC2)[C@@H](c2ccccc2)C1. The number of aliphatic carboxylic acids is 1. The van der Waals surface area contributed by atoms with E-state index in [1.54, 1.807) is 12.1 Å². The predicted molar refractivity (Wildman–Crippen MR) is 142 cm³/mol. The lowest BCUT2D eigenvalue weighted by molar-refractivity contribution is -0.144. The summed E-state index contributed by atoms with van der Waals surface area (Å²) in [4.78, 5) is 14.9. The van der Waals surface area contributed by atoms with Gasteiger partial charge in [0.15, 0.2) is 0 Å². The summed E-state index contributed by atoms with van der Waals surface area (Å²) in [5.74, 6) is 1.89. The normalized spacial score (nSPS) is 26.2. The van der Waals surface area contributed by atoms with E-state index in [9.17, 15) is 14.3 Å². The number of benzene rings is 2. The third-order valence-electron chi connectivity index (χ3n) is 9.32. The van der Waals surface area contributed by atoms with E-state index in [0.717, 1.165) is 51.2 Å². The van der Waals surface area contributed by atoms with Crippen molar-refractivity contribution in [3.8, 4) is 0 Å². The molecular weight excluding hydrogens is 449 g/mol. The monoisotopic (exact) mass is 491 g/mol. The van der Waals surface area contributed by atoms with Crippen molar-refractivity contribution in [2.24, 2.45) is 29.6 Å². The molecule has 2 aromatic carbocycles. The fourth-order valence-corrected chi connectivity index (χ4v) is 7.05. The van der Waals surface area contributed by atoms with Gasteiger partial charge in [0, 0.05) is 6.54 Å². The second-order valence-electron chi connectivity index (χ2n) is 11.9. The molecule has 5 rings (SSSR count). The maximum atomic E-state index is 13.1. The van der Waals surface area contributed by atoms with Crippen LogP contribution in [0, 0.1) is 35.4 Å². The number of carboxylic acids is 1. The van der Waals surface area contributed by atoms with Crippen LogP contribution in [0.2, 0.25) is 0 Å². The molecular formula is C32H42FNO2. The van der Waals surface area contributed by atoms with Crippen LogP contribution >= 0.6 is 0 Å². The van der Waals surface area contributed by atoms with Crippen molar-refractivity contribution in [1.82, 2.24) is 4.90 Å². The average Bonchev–Trinajstić information content (AvgIpc) is 3.63. The quantitative estimate of drug-likeness (QED) is 0.362. The van der Waals surface area contributed by atoms with Gasteiger partial charge in [0.1, 0.15) is 5.82 Å². The Morgan fingerprint density at radius 3 is 2.33 bits per heavy atom. The minimum atomic E-state index is -0.569. The number of halogens is 1. The highest BCUT2D eigenvalue weighted by molar-refractivity contribution is 5.70. The largest absolute Gasteiger partial charge is 0.481 e. The fourth-order valence-electron chi connectivity index (χ4n) is 7.05. The molecule has 2 saturated carbocycles. The molecule has 1 aliphatic heterocycles. The molecule has 0 aromatic heterocycles. The van der Waals surface area contributed by atoms with Crippen LogP contribution in [-0.2, 0) is 11.2 Å². The van der Waals surface area contributed by atoms with Crippen molar-refractivity contribution >= 4 is 5.97 Å². The topological polar surface area (TPSA) is 40.5 Å². The summed E-state index contributed by atoms with van der Waals surface area (Å²) in [5.41, 5.74) is 2.63. The van der Waals surface area contributed by atoms with Crippen molar-refractivity contribution < 1.29 is 14.3 Å². The number of hydrogen-bond donors (Lipinski definition) is 1. The predicted octanol–water partition coefficient (Wildman–Crippen LogP) is 7.17. The third-order valence-corrected chi connectivity index (χ3v) is 9.32. The van der Waals surface area contributed by atoms with Crippen LogP contribution in [0.4, 0.5) is 4.39 Å². The van der Waals surface area contributed by atoms with E-state index in [-0.39, 0.29) is 11.7 Å². The van der Waals surface area contributed by atoms with Crippen molar-refractivity contribution in [2.75, 3.05) is 19.6 Å². The standard InChI is InChI=1S/C32H42FNO2/c33-29-13-11-23(12-14-29)5-4-6-24-15-17-34(18-16-24)22-28-20-27(31(32(35)36)19-25-9-10-25)21-30(28)26-7-2-1-3-8-26/h1-3,7-8,11-14,24-25,27-28,30-31H,4-6,9-10,15-22H2,(H,35,36)/t27?,28-,30-,31?/m1/s1. The first-order valence-electron chi connectivity index (χ1n) is 14.3. The summed E-state index contributed by atoms with van der Waals surface area (Å²) < 4.78 is 13.1. The maximum Gasteiger partial charge on any atom is 0.306 e. The summed E-state index contributed by atoms with van der Waals surface area (Å²) in [6.45, 7) is 3.43. The number of piperidine rings is 1. The van der Waals surface area contributed by atoms with Crippen LogP contribution in [-0.4, -0.2) is 35.6 Å². The molecule has 2 unspecified atom stereocenters. The van der Waals surface area contributed by atoms with Crippen LogP contribution in [0.3, 0.4) is 0 Å². The number of aryl methyl sites for hydroxylation is 1. The Morgan fingerprint density at radius 2 is 1.67 bits per heavy atom. The lowest BCUT2D eigenvalue weighted by atomic mass is 9.85. The summed E-state index contributed by atoms with van der Waals surface area (Å²) >= 11 is 0. The van der Waals surface area contributed by atoms with Crippen LogP contribution in [0.1, 0.15) is 74.8 Å². The summed E-state index contributed by atoms with van der Waals surface area (Å²) in [6, 6.07) is 17.8. The molecule has 1 saturated heterocycles. The molecule has 0 radical (unpaired) electrons. The summed E-state index contributed by atoms with van der Waals surface area (Å²) in [6.07, 6.45) is 11.4. The van der Waals surface area contributed by atoms with E-state index in [4.69, 9.17) is 0 Å². The average molecular weight is 492 g/mol. The number of nitrogens with zero attached hydrogens (tertiary/aromatic N) is 1. The fraction of sp³-hybridized carbons (Fsp3) is 0.594. The van der Waals surface area contributed by atoms with Gasteiger partial charge in [-0.1, -0.05) is 61.7 Å². The zero-order valence-electron chi connectivity index (χ0n) is 21.5. The Balaban J connectivity index is 1.14. The highest BCUT2D eigenvalue weighted by Gasteiger charge is 2.43. The molecule has 0 bridgehead atoms. The van der Waals surface area contributed by atoms with Gasteiger partial charge >= 0.3 is 5.97 Å². The van der Waals surface area contributed by atoms with Gasteiger partial charge in [0.25, 0.3) is 0 Å². The van der Waals surface area contributed by atoms with E-state index < -0.39 is 5.97 Å². The van der Waals surface area contributed by atoms with Crippen LogP contribution in [0.5, 0.6) is 0 Å². The molecule has 3 nitrogen and oxygen atoms in total. The summed E-state index contributed by atoms with van der Waals surface area (Å²) in [5, 5.41) is 10.0. The zero-order chi connectivity index (χ0) is 24.9. The Morgan fingerprint density at radius 1 is 0.944 bits per heavy atom. The van der Waals surface area contributed by atoms with Gasteiger partial charge in [-0.3, -0.25) is 4.79 Å². The minimum Gasteiger partial charge on any atom is -0.481 e. The highest BCUT2D eigenvalue weighted by atomic mass is 19.1. The number of carboxylic acid groups (broad SMARTS) is 1. The Hall–Kier alpha value is -2.20. The molecule has 4 heteroatoms. The van der Waals surface area contributed by atoms with E-state index in [2.05, 4.69) is 35.2 Å². The van der Waals surface area contributed by atoms with Gasteiger partial charge < -0.3 is 10.0 Å². The minimum absolute atomic E-state index is 0.157. The number of likely N-dealkylation sites (tertiary alicyclic amines) is 1.